The van der Waals surface area contributed by atoms with Crippen molar-refractivity contribution in [2.24, 2.45) is 0 Å². The van der Waals surface area contributed by atoms with Gasteiger partial charge in [0.15, 0.2) is 18.1 Å². The van der Waals surface area contributed by atoms with Crippen LogP contribution in [0.25, 0.3) is 11.6 Å². The fraction of sp³-hybridized carbons (Fsp3) is 0.120. The number of hydrogen-bond donors (Lipinski definition) is 1. The predicted octanol–water partition coefficient (Wildman–Crippen LogP) is 5.39. The van der Waals surface area contributed by atoms with Gasteiger partial charge in [0, 0.05) is 5.69 Å². The number of rotatable bonds is 8. The van der Waals surface area contributed by atoms with Crippen molar-refractivity contribution < 1.29 is 19.0 Å². The first-order chi connectivity index (χ1) is 15.5. The SMILES string of the molecule is COc1ccc(/C(C#N)=C/c2cc(I)c(OCC(=O)Nc3ccccc3)c(OC)c2)cc1. The standard InChI is InChI=1S/C25H21IN2O4/c1-30-21-10-8-18(9-11-21)19(15-27)12-17-13-22(26)25(23(14-17)31-2)32-16-24(29)28-20-6-4-3-5-7-20/h3-14H,16H2,1-2H3,(H,28,29)/b19-12+. The number of anilines is 1. The Bertz CT molecular complexity index is 1150. The van der Waals surface area contributed by atoms with Gasteiger partial charge in [-0.1, -0.05) is 18.2 Å². The predicted molar refractivity (Wildman–Crippen MR) is 133 cm³/mol. The van der Waals surface area contributed by atoms with E-state index in [-0.39, 0.29) is 12.5 Å². The number of nitrogens with one attached hydrogen (secondary N) is 1. The van der Waals surface area contributed by atoms with Crippen LogP contribution in [0, 0.1) is 14.9 Å². The van der Waals surface area contributed by atoms with Gasteiger partial charge in [0.25, 0.3) is 5.91 Å². The second-order valence-electron chi connectivity index (χ2n) is 6.64. The first kappa shape index (κ1) is 23.2. The van der Waals surface area contributed by atoms with E-state index in [0.717, 1.165) is 20.4 Å². The number of carbonyl (C=O) groups is 1. The first-order valence-electron chi connectivity index (χ1n) is 9.65. The molecule has 0 aliphatic rings. The molecule has 0 saturated heterocycles. The lowest BCUT2D eigenvalue weighted by molar-refractivity contribution is -0.118. The molecule has 0 aromatic heterocycles. The minimum Gasteiger partial charge on any atom is -0.497 e. The molecule has 1 amide bonds. The number of allylic oxidation sites excluding steroid dienone is 1. The number of hydrogen-bond acceptors (Lipinski definition) is 5. The molecule has 0 fully saturated rings. The van der Waals surface area contributed by atoms with Crippen LogP contribution >= 0.6 is 22.6 Å². The maximum Gasteiger partial charge on any atom is 0.262 e. The smallest absolute Gasteiger partial charge is 0.262 e. The topological polar surface area (TPSA) is 80.6 Å². The summed E-state index contributed by atoms with van der Waals surface area (Å²) in [4.78, 5) is 12.2. The van der Waals surface area contributed by atoms with Crippen molar-refractivity contribution in [3.63, 3.8) is 0 Å². The molecule has 0 atom stereocenters. The fourth-order valence-corrected chi connectivity index (χ4v) is 3.72. The molecule has 32 heavy (non-hydrogen) atoms. The highest BCUT2D eigenvalue weighted by atomic mass is 127. The second-order valence-corrected chi connectivity index (χ2v) is 7.80. The van der Waals surface area contributed by atoms with Crippen molar-refractivity contribution in [3.8, 4) is 23.3 Å². The average molecular weight is 540 g/mol. The minimum atomic E-state index is -0.274. The van der Waals surface area contributed by atoms with Crippen LogP contribution in [-0.2, 0) is 4.79 Å². The lowest BCUT2D eigenvalue weighted by Crippen LogP contribution is -2.20. The summed E-state index contributed by atoms with van der Waals surface area (Å²) in [5.74, 6) is 1.39. The highest BCUT2D eigenvalue weighted by Crippen LogP contribution is 2.35. The molecule has 0 spiro atoms. The van der Waals surface area contributed by atoms with Crippen molar-refractivity contribution in [2.75, 3.05) is 26.1 Å². The van der Waals surface area contributed by atoms with Crippen LogP contribution in [0.3, 0.4) is 0 Å². The van der Waals surface area contributed by atoms with Crippen molar-refractivity contribution in [3.05, 3.63) is 81.4 Å². The number of para-hydroxylation sites is 1. The zero-order chi connectivity index (χ0) is 22.9. The number of ether oxygens (including phenoxy) is 3. The highest BCUT2D eigenvalue weighted by Gasteiger charge is 2.14. The summed E-state index contributed by atoms with van der Waals surface area (Å²) in [6.45, 7) is -0.161. The van der Waals surface area contributed by atoms with Gasteiger partial charge < -0.3 is 19.5 Å². The Kier molecular flexibility index (Phi) is 8.11. The molecule has 0 heterocycles. The molecule has 0 bridgehead atoms. The van der Waals surface area contributed by atoms with Crippen molar-refractivity contribution in [1.29, 1.82) is 5.26 Å². The van der Waals surface area contributed by atoms with Crippen LogP contribution in [0.4, 0.5) is 5.69 Å². The van der Waals surface area contributed by atoms with Crippen molar-refractivity contribution in [1.82, 2.24) is 0 Å². The minimum absolute atomic E-state index is 0.161. The van der Waals surface area contributed by atoms with E-state index in [4.69, 9.17) is 14.2 Å². The van der Waals surface area contributed by atoms with Crippen LogP contribution in [0.15, 0.2) is 66.7 Å². The summed E-state index contributed by atoms with van der Waals surface area (Å²) < 4.78 is 17.2. The van der Waals surface area contributed by atoms with E-state index >= 15 is 0 Å². The number of nitrogens with zero attached hydrogens (tertiary/aromatic N) is 1. The van der Waals surface area contributed by atoms with E-state index in [1.54, 1.807) is 31.4 Å². The van der Waals surface area contributed by atoms with Crippen molar-refractivity contribution >= 4 is 45.8 Å². The van der Waals surface area contributed by atoms with Crippen LogP contribution in [-0.4, -0.2) is 26.7 Å². The Morgan fingerprint density at radius 3 is 2.41 bits per heavy atom. The van der Waals surface area contributed by atoms with Gasteiger partial charge in [-0.3, -0.25) is 4.79 Å². The lowest BCUT2D eigenvalue weighted by Gasteiger charge is -2.14. The lowest BCUT2D eigenvalue weighted by atomic mass is 10.0. The van der Waals surface area contributed by atoms with Gasteiger partial charge in [-0.15, -0.1) is 0 Å². The molecule has 0 saturated carbocycles. The molecular formula is C25H21IN2O4. The molecule has 1 N–H and O–H groups in total. The first-order valence-corrected chi connectivity index (χ1v) is 10.7. The van der Waals surface area contributed by atoms with Crippen LogP contribution in [0.5, 0.6) is 17.2 Å². The highest BCUT2D eigenvalue weighted by molar-refractivity contribution is 14.1. The van der Waals surface area contributed by atoms with Gasteiger partial charge in [0.2, 0.25) is 0 Å². The van der Waals surface area contributed by atoms with E-state index in [2.05, 4.69) is 34.0 Å². The monoisotopic (exact) mass is 540 g/mol. The summed E-state index contributed by atoms with van der Waals surface area (Å²) in [5.41, 5.74) is 2.76. The summed E-state index contributed by atoms with van der Waals surface area (Å²) in [6, 6.07) is 22.3. The molecule has 0 unspecified atom stereocenters. The Morgan fingerprint density at radius 1 is 1.06 bits per heavy atom. The van der Waals surface area contributed by atoms with E-state index in [0.29, 0.717) is 22.8 Å². The second kappa shape index (κ2) is 11.2. The molecule has 0 radical (unpaired) electrons. The fourth-order valence-electron chi connectivity index (χ4n) is 2.94. The van der Waals surface area contributed by atoms with Gasteiger partial charge in [-0.25, -0.2) is 0 Å². The third-order valence-electron chi connectivity index (χ3n) is 4.49. The summed E-state index contributed by atoms with van der Waals surface area (Å²) >= 11 is 2.12. The van der Waals surface area contributed by atoms with Gasteiger partial charge in [-0.05, 0) is 88.3 Å². The Labute approximate surface area is 200 Å². The average Bonchev–Trinajstić information content (AvgIpc) is 2.82. The third kappa shape index (κ3) is 6.02. The van der Waals surface area contributed by atoms with Gasteiger partial charge in [-0.2, -0.15) is 5.26 Å². The summed E-state index contributed by atoms with van der Waals surface area (Å²) in [6.07, 6.45) is 1.78. The molecule has 3 aromatic carbocycles. The Hall–Kier alpha value is -3.51. The number of carbonyl (C=O) groups excluding carboxylic acids is 1. The molecule has 3 aromatic rings. The van der Waals surface area contributed by atoms with Crippen LogP contribution in [0.2, 0.25) is 0 Å². The molecule has 162 valence electrons. The maximum absolute atomic E-state index is 12.2. The quantitative estimate of drug-likeness (QED) is 0.236. The van der Waals surface area contributed by atoms with Gasteiger partial charge >= 0.3 is 0 Å². The van der Waals surface area contributed by atoms with Gasteiger partial charge in [0.1, 0.15) is 5.75 Å². The van der Waals surface area contributed by atoms with E-state index in [1.807, 2.05) is 48.5 Å². The zero-order valence-electron chi connectivity index (χ0n) is 17.6. The number of nitriles is 1. The number of methoxy groups -OCH3 is 2. The van der Waals surface area contributed by atoms with Crippen LogP contribution in [0.1, 0.15) is 11.1 Å². The molecule has 6 nitrogen and oxygen atoms in total. The van der Waals surface area contributed by atoms with Crippen molar-refractivity contribution in [2.45, 2.75) is 0 Å². The summed E-state index contributed by atoms with van der Waals surface area (Å²) in [7, 11) is 3.13. The van der Waals surface area contributed by atoms with E-state index in [1.165, 1.54) is 7.11 Å². The Morgan fingerprint density at radius 2 is 1.78 bits per heavy atom. The van der Waals surface area contributed by atoms with E-state index < -0.39 is 0 Å². The molecular weight excluding hydrogens is 519 g/mol. The normalized spacial score (nSPS) is 10.8. The Balaban J connectivity index is 1.78. The van der Waals surface area contributed by atoms with E-state index in [9.17, 15) is 10.1 Å². The van der Waals surface area contributed by atoms with Gasteiger partial charge in [0.05, 0.1) is 29.4 Å². The number of halogens is 1. The number of benzene rings is 3. The third-order valence-corrected chi connectivity index (χ3v) is 5.29. The number of amides is 1. The largest absolute Gasteiger partial charge is 0.497 e. The molecule has 0 aliphatic heterocycles. The molecule has 0 aliphatic carbocycles. The van der Waals surface area contributed by atoms with Crippen LogP contribution < -0.4 is 19.5 Å². The zero-order valence-corrected chi connectivity index (χ0v) is 19.8. The molecule has 3 rings (SSSR count). The maximum atomic E-state index is 12.2. The summed E-state index contributed by atoms with van der Waals surface area (Å²) in [5, 5.41) is 12.4. The molecule has 7 heteroatoms.